The summed E-state index contributed by atoms with van der Waals surface area (Å²) in [6.45, 7) is 7.57. The Kier molecular flexibility index (Phi) is 4.85. The third-order valence-electron chi connectivity index (χ3n) is 4.97. The van der Waals surface area contributed by atoms with Gasteiger partial charge in [-0.1, -0.05) is 13.3 Å². The predicted molar refractivity (Wildman–Crippen MR) is 94.1 cm³/mol. The first-order valence-electron chi connectivity index (χ1n) is 8.42. The van der Waals surface area contributed by atoms with E-state index in [1.54, 1.807) is 11.3 Å². The number of aromatic nitrogens is 2. The molecule has 1 saturated heterocycles. The summed E-state index contributed by atoms with van der Waals surface area (Å²) in [7, 11) is 0. The lowest BCUT2D eigenvalue weighted by atomic mass is 9.96. The molecule has 0 aromatic carbocycles. The van der Waals surface area contributed by atoms with Crippen molar-refractivity contribution in [2.45, 2.75) is 65.1 Å². The van der Waals surface area contributed by atoms with Crippen LogP contribution >= 0.6 is 11.3 Å². The van der Waals surface area contributed by atoms with E-state index in [0.717, 1.165) is 52.9 Å². The summed E-state index contributed by atoms with van der Waals surface area (Å²) in [5.41, 5.74) is 0.985. The highest BCUT2D eigenvalue weighted by Crippen LogP contribution is 2.27. The fourth-order valence-electron chi connectivity index (χ4n) is 3.49. The number of hydrogen-bond donors (Lipinski definition) is 2. The number of aliphatic hydroxyl groups is 1. The molecule has 2 N–H and O–H groups in total. The number of aryl methyl sites for hydroxylation is 2. The van der Waals surface area contributed by atoms with Crippen molar-refractivity contribution in [3.63, 3.8) is 0 Å². The smallest absolute Gasteiger partial charge is 0.259 e. The molecular formula is C17H25N3O2S. The molecule has 2 aromatic rings. The Labute approximate surface area is 140 Å². The van der Waals surface area contributed by atoms with Crippen LogP contribution in [0.1, 0.15) is 48.9 Å². The van der Waals surface area contributed by atoms with Gasteiger partial charge in [0.25, 0.3) is 5.56 Å². The number of thiophene rings is 1. The molecule has 6 heteroatoms. The summed E-state index contributed by atoms with van der Waals surface area (Å²) >= 11 is 1.58. The van der Waals surface area contributed by atoms with Gasteiger partial charge in [0.1, 0.15) is 10.7 Å². The lowest BCUT2D eigenvalue weighted by Crippen LogP contribution is -2.46. The van der Waals surface area contributed by atoms with Gasteiger partial charge in [0.05, 0.1) is 18.0 Å². The molecule has 1 aliphatic heterocycles. The zero-order valence-electron chi connectivity index (χ0n) is 14.1. The molecule has 1 fully saturated rings. The Morgan fingerprint density at radius 1 is 1.43 bits per heavy atom. The maximum absolute atomic E-state index is 12.4. The molecule has 0 bridgehead atoms. The van der Waals surface area contributed by atoms with Gasteiger partial charge in [-0.2, -0.15) is 0 Å². The average molecular weight is 335 g/mol. The maximum Gasteiger partial charge on any atom is 0.259 e. The molecule has 0 saturated carbocycles. The number of rotatable bonds is 4. The Morgan fingerprint density at radius 2 is 2.22 bits per heavy atom. The number of aliphatic hydroxyl groups excluding tert-OH is 1. The summed E-state index contributed by atoms with van der Waals surface area (Å²) < 4.78 is 0. The molecule has 0 amide bonds. The first-order chi connectivity index (χ1) is 11.0. The first-order valence-corrected chi connectivity index (χ1v) is 9.24. The molecule has 5 nitrogen and oxygen atoms in total. The highest BCUT2D eigenvalue weighted by Gasteiger charge is 2.28. The molecule has 0 radical (unpaired) electrons. The van der Waals surface area contributed by atoms with Gasteiger partial charge in [0, 0.05) is 10.9 Å². The number of aromatic amines is 1. The van der Waals surface area contributed by atoms with E-state index in [9.17, 15) is 9.90 Å². The lowest BCUT2D eigenvalue weighted by molar-refractivity contribution is 0.0182. The monoisotopic (exact) mass is 335 g/mol. The average Bonchev–Trinajstić information content (AvgIpc) is 2.82. The summed E-state index contributed by atoms with van der Waals surface area (Å²) in [5, 5.41) is 11.0. The second-order valence-corrected chi connectivity index (χ2v) is 7.69. The van der Waals surface area contributed by atoms with E-state index in [2.05, 4.69) is 14.9 Å². The predicted octanol–water partition coefficient (Wildman–Crippen LogP) is 2.73. The van der Waals surface area contributed by atoms with Crippen molar-refractivity contribution < 1.29 is 5.11 Å². The number of hydrogen-bond acceptors (Lipinski definition) is 5. The fraction of sp³-hybridized carbons (Fsp3) is 0.647. The Bertz CT molecular complexity index is 752. The largest absolute Gasteiger partial charge is 0.392 e. The van der Waals surface area contributed by atoms with Crippen molar-refractivity contribution in [3.8, 4) is 0 Å². The third kappa shape index (κ3) is 3.20. The molecule has 2 atom stereocenters. The quantitative estimate of drug-likeness (QED) is 0.901. The van der Waals surface area contributed by atoms with Crippen LogP contribution in [-0.4, -0.2) is 38.7 Å². The van der Waals surface area contributed by atoms with Gasteiger partial charge in [-0.15, -0.1) is 11.3 Å². The van der Waals surface area contributed by atoms with Crippen molar-refractivity contribution >= 4 is 21.6 Å². The van der Waals surface area contributed by atoms with Gasteiger partial charge in [0.15, 0.2) is 0 Å². The van der Waals surface area contributed by atoms with Gasteiger partial charge < -0.3 is 10.1 Å². The molecule has 23 heavy (non-hydrogen) atoms. The fourth-order valence-corrected chi connectivity index (χ4v) is 4.54. The van der Waals surface area contributed by atoms with Crippen LogP contribution < -0.4 is 5.56 Å². The second kappa shape index (κ2) is 6.71. The zero-order valence-corrected chi connectivity index (χ0v) is 14.9. The molecule has 1 aliphatic rings. The highest BCUT2D eigenvalue weighted by atomic mass is 32.1. The van der Waals surface area contributed by atoms with E-state index in [-0.39, 0.29) is 17.7 Å². The molecule has 2 aromatic heterocycles. The van der Waals surface area contributed by atoms with E-state index in [0.29, 0.717) is 12.4 Å². The zero-order chi connectivity index (χ0) is 16.6. The summed E-state index contributed by atoms with van der Waals surface area (Å²) in [6.07, 6.45) is 3.75. The van der Waals surface area contributed by atoms with Crippen LogP contribution in [0.5, 0.6) is 0 Å². The van der Waals surface area contributed by atoms with Crippen LogP contribution in [0, 0.1) is 13.8 Å². The first kappa shape index (κ1) is 16.6. The number of H-pyrrole nitrogens is 1. The minimum Gasteiger partial charge on any atom is -0.392 e. The van der Waals surface area contributed by atoms with E-state index >= 15 is 0 Å². The van der Waals surface area contributed by atoms with E-state index < -0.39 is 0 Å². The van der Waals surface area contributed by atoms with Crippen LogP contribution in [0.3, 0.4) is 0 Å². The van der Waals surface area contributed by atoms with Crippen molar-refractivity contribution in [1.29, 1.82) is 0 Å². The molecule has 0 aliphatic carbocycles. The molecule has 126 valence electrons. The Hall–Kier alpha value is -1.24. The maximum atomic E-state index is 12.4. The van der Waals surface area contributed by atoms with Gasteiger partial charge in [-0.05, 0) is 45.2 Å². The number of nitrogens with one attached hydrogen (secondary N) is 1. The van der Waals surface area contributed by atoms with E-state index in [1.165, 1.54) is 0 Å². The van der Waals surface area contributed by atoms with Crippen molar-refractivity contribution in [1.82, 2.24) is 14.9 Å². The van der Waals surface area contributed by atoms with Gasteiger partial charge in [0.2, 0.25) is 0 Å². The molecule has 3 heterocycles. The highest BCUT2D eigenvalue weighted by molar-refractivity contribution is 7.18. The molecular weight excluding hydrogens is 310 g/mol. The van der Waals surface area contributed by atoms with Crippen LogP contribution in [-0.2, 0) is 6.54 Å². The number of likely N-dealkylation sites (tertiary alicyclic amines) is 1. The number of piperidine rings is 1. The van der Waals surface area contributed by atoms with Crippen LogP contribution in [0.2, 0.25) is 0 Å². The Balaban J connectivity index is 1.89. The molecule has 2 unspecified atom stereocenters. The van der Waals surface area contributed by atoms with Gasteiger partial charge in [-0.3, -0.25) is 9.69 Å². The van der Waals surface area contributed by atoms with Crippen LogP contribution in [0.4, 0.5) is 0 Å². The van der Waals surface area contributed by atoms with E-state index in [1.807, 2.05) is 20.8 Å². The topological polar surface area (TPSA) is 69.2 Å². The summed E-state index contributed by atoms with van der Waals surface area (Å²) in [4.78, 5) is 24.2. The van der Waals surface area contributed by atoms with Gasteiger partial charge >= 0.3 is 0 Å². The third-order valence-corrected chi connectivity index (χ3v) is 6.07. The minimum atomic E-state index is -0.308. The molecule has 0 spiro atoms. The van der Waals surface area contributed by atoms with Crippen LogP contribution in [0.15, 0.2) is 4.79 Å². The standard InChI is InChI=1S/C17H25N3O2S/c1-4-13(21)12-7-5-6-8-20(12)9-14-18-16(22)15-10(2)11(3)23-17(15)19-14/h12-13,21H,4-9H2,1-3H3,(H,18,19,22). The van der Waals surface area contributed by atoms with Gasteiger partial charge in [-0.25, -0.2) is 4.98 Å². The van der Waals surface area contributed by atoms with E-state index in [4.69, 9.17) is 0 Å². The van der Waals surface area contributed by atoms with Crippen molar-refractivity contribution in [2.24, 2.45) is 0 Å². The SMILES string of the molecule is CCC(O)C1CCCCN1Cc1nc2sc(C)c(C)c2c(=O)[nH]1. The summed E-state index contributed by atoms with van der Waals surface area (Å²) in [5.74, 6) is 0.707. The molecule has 3 rings (SSSR count). The number of nitrogens with zero attached hydrogens (tertiary/aromatic N) is 2. The lowest BCUT2D eigenvalue weighted by Gasteiger charge is -2.37. The van der Waals surface area contributed by atoms with Crippen LogP contribution in [0.25, 0.3) is 10.2 Å². The minimum absolute atomic E-state index is 0.0450. The van der Waals surface area contributed by atoms with Crippen molar-refractivity contribution in [2.75, 3.05) is 6.54 Å². The van der Waals surface area contributed by atoms with Crippen molar-refractivity contribution in [3.05, 3.63) is 26.6 Å². The second-order valence-electron chi connectivity index (χ2n) is 6.49. The Morgan fingerprint density at radius 3 is 2.96 bits per heavy atom. The number of fused-ring (bicyclic) bond motifs is 1. The normalized spacial score (nSPS) is 21.0. The summed E-state index contributed by atoms with van der Waals surface area (Å²) in [6, 6.07) is 0.168.